The number of anilines is 1. The van der Waals surface area contributed by atoms with Crippen molar-refractivity contribution < 1.29 is 14.7 Å². The molecule has 5 rings (SSSR count). The SMILES string of the molecule is CC(C)[C@H](NCC1(CNc2nc3c(s2)CN(C(=O)c2cc4ccccc4[nH]2)CC3)CC1)C(=O)O. The number of nitrogens with one attached hydrogen (secondary N) is 3. The number of aromatic amines is 1. The average Bonchev–Trinajstić information content (AvgIpc) is 3.26. The number of thiazole rings is 1. The predicted molar refractivity (Wildman–Crippen MR) is 133 cm³/mol. The Morgan fingerprint density at radius 3 is 2.76 bits per heavy atom. The zero-order valence-corrected chi connectivity index (χ0v) is 20.4. The molecule has 0 unspecified atom stereocenters. The Balaban J connectivity index is 1.18. The normalized spacial score (nSPS) is 17.6. The minimum atomic E-state index is -0.794. The van der Waals surface area contributed by atoms with Crippen LogP contribution in [-0.2, 0) is 17.8 Å². The molecule has 1 fully saturated rings. The molecule has 8 nitrogen and oxygen atoms in total. The van der Waals surface area contributed by atoms with Crippen LogP contribution in [0.2, 0.25) is 0 Å². The highest BCUT2D eigenvalue weighted by molar-refractivity contribution is 7.15. The van der Waals surface area contributed by atoms with E-state index in [1.165, 1.54) is 0 Å². The Bertz CT molecular complexity index is 1180. The summed E-state index contributed by atoms with van der Waals surface area (Å²) in [5.41, 5.74) is 2.75. The summed E-state index contributed by atoms with van der Waals surface area (Å²) in [5, 5.41) is 18.1. The van der Waals surface area contributed by atoms with E-state index >= 15 is 0 Å². The number of aromatic nitrogens is 2. The quantitative estimate of drug-likeness (QED) is 0.371. The summed E-state index contributed by atoms with van der Waals surface area (Å²) in [7, 11) is 0. The summed E-state index contributed by atoms with van der Waals surface area (Å²) in [5.74, 6) is -0.731. The van der Waals surface area contributed by atoms with Gasteiger partial charge >= 0.3 is 5.97 Å². The van der Waals surface area contributed by atoms with Crippen LogP contribution in [0, 0.1) is 11.3 Å². The Hall–Kier alpha value is -2.91. The lowest BCUT2D eigenvalue weighted by Crippen LogP contribution is -2.44. The zero-order valence-electron chi connectivity index (χ0n) is 19.6. The molecule has 2 aliphatic rings. The van der Waals surface area contributed by atoms with Crippen molar-refractivity contribution in [3.63, 3.8) is 0 Å². The Morgan fingerprint density at radius 1 is 1.26 bits per heavy atom. The van der Waals surface area contributed by atoms with E-state index in [9.17, 15) is 14.7 Å². The number of carbonyl (C=O) groups excluding carboxylic acids is 1. The number of carboxylic acid groups (broad SMARTS) is 1. The van der Waals surface area contributed by atoms with Gasteiger partial charge < -0.3 is 25.6 Å². The maximum Gasteiger partial charge on any atom is 0.320 e. The van der Waals surface area contributed by atoms with Crippen LogP contribution in [-0.4, -0.2) is 57.5 Å². The van der Waals surface area contributed by atoms with Gasteiger partial charge in [0.1, 0.15) is 11.7 Å². The summed E-state index contributed by atoms with van der Waals surface area (Å²) in [6.45, 7) is 6.54. The monoisotopic (exact) mass is 481 g/mol. The van der Waals surface area contributed by atoms with E-state index in [0.29, 0.717) is 25.3 Å². The van der Waals surface area contributed by atoms with Crippen molar-refractivity contribution in [2.24, 2.45) is 11.3 Å². The van der Waals surface area contributed by atoms with E-state index in [1.807, 2.05) is 49.1 Å². The molecule has 1 amide bonds. The Morgan fingerprint density at radius 2 is 2.06 bits per heavy atom. The Kier molecular flexibility index (Phi) is 6.07. The smallest absolute Gasteiger partial charge is 0.320 e. The molecule has 1 saturated carbocycles. The third kappa shape index (κ3) is 4.67. The number of aliphatic carboxylic acids is 1. The molecular weight excluding hydrogens is 450 g/mol. The third-order valence-corrected chi connectivity index (χ3v) is 8.02. The number of nitrogens with zero attached hydrogens (tertiary/aromatic N) is 2. The zero-order chi connectivity index (χ0) is 23.9. The molecule has 1 aliphatic carbocycles. The molecule has 180 valence electrons. The lowest BCUT2D eigenvalue weighted by atomic mass is 10.0. The highest BCUT2D eigenvalue weighted by Crippen LogP contribution is 2.45. The van der Waals surface area contributed by atoms with Gasteiger partial charge in [-0.1, -0.05) is 43.4 Å². The fourth-order valence-corrected chi connectivity index (χ4v) is 5.61. The molecule has 0 spiro atoms. The molecule has 0 radical (unpaired) electrons. The number of H-pyrrole nitrogens is 1. The van der Waals surface area contributed by atoms with Crippen LogP contribution in [0.1, 0.15) is 47.7 Å². The molecule has 1 aliphatic heterocycles. The molecule has 0 saturated heterocycles. The van der Waals surface area contributed by atoms with E-state index < -0.39 is 12.0 Å². The molecule has 1 aromatic carbocycles. The van der Waals surface area contributed by atoms with Crippen LogP contribution in [0.5, 0.6) is 0 Å². The second kappa shape index (κ2) is 9.03. The molecule has 3 aromatic rings. The van der Waals surface area contributed by atoms with E-state index in [0.717, 1.165) is 52.4 Å². The highest BCUT2D eigenvalue weighted by atomic mass is 32.1. The number of carboxylic acids is 1. The second-order valence-electron chi connectivity index (χ2n) is 9.93. The fraction of sp³-hybridized carbons (Fsp3) is 0.480. The van der Waals surface area contributed by atoms with Crippen molar-refractivity contribution in [2.45, 2.75) is 45.7 Å². The van der Waals surface area contributed by atoms with Crippen molar-refractivity contribution in [1.82, 2.24) is 20.2 Å². The number of para-hydroxylation sites is 1. The number of rotatable bonds is 9. The van der Waals surface area contributed by atoms with Gasteiger partial charge in [-0.25, -0.2) is 4.98 Å². The minimum absolute atomic E-state index is 0.0194. The minimum Gasteiger partial charge on any atom is -0.480 e. The first-order chi connectivity index (χ1) is 16.3. The summed E-state index contributed by atoms with van der Waals surface area (Å²) in [4.78, 5) is 35.6. The van der Waals surface area contributed by atoms with Gasteiger partial charge in [0.2, 0.25) is 0 Å². The second-order valence-corrected chi connectivity index (χ2v) is 11.0. The molecule has 0 bridgehead atoms. The molecule has 9 heteroatoms. The standard InChI is InChI=1S/C25H31N5O3S/c1-15(2)21(23(32)33)26-13-25(8-9-25)14-27-24-29-18-7-10-30(12-20(18)34-24)22(31)19-11-16-5-3-4-6-17(16)28-19/h3-6,11,15,21,26,28H,7-10,12-14H2,1-2H3,(H,27,29)(H,32,33)/t21-/m0/s1. The van der Waals surface area contributed by atoms with Crippen molar-refractivity contribution in [3.05, 3.63) is 46.6 Å². The van der Waals surface area contributed by atoms with Gasteiger partial charge in [-0.3, -0.25) is 9.59 Å². The highest BCUT2D eigenvalue weighted by Gasteiger charge is 2.43. The van der Waals surface area contributed by atoms with Crippen molar-refractivity contribution in [3.8, 4) is 0 Å². The molecule has 2 aromatic heterocycles. The van der Waals surface area contributed by atoms with Crippen molar-refractivity contribution >= 4 is 39.2 Å². The molecule has 3 heterocycles. The fourth-order valence-electron chi connectivity index (χ4n) is 4.59. The van der Waals surface area contributed by atoms with Gasteiger partial charge in [-0.2, -0.15) is 0 Å². The first kappa shape index (κ1) is 22.9. The molecule has 4 N–H and O–H groups in total. The van der Waals surface area contributed by atoms with E-state index in [1.54, 1.807) is 11.3 Å². The molecule has 1 atom stereocenters. The topological polar surface area (TPSA) is 110 Å². The van der Waals surface area contributed by atoms with E-state index in [4.69, 9.17) is 4.98 Å². The lowest BCUT2D eigenvalue weighted by Gasteiger charge is -2.25. The largest absolute Gasteiger partial charge is 0.480 e. The van der Waals surface area contributed by atoms with Gasteiger partial charge in [-0.15, -0.1) is 0 Å². The van der Waals surface area contributed by atoms with Crippen LogP contribution < -0.4 is 10.6 Å². The number of amides is 1. The third-order valence-electron chi connectivity index (χ3n) is 6.98. The summed E-state index contributed by atoms with van der Waals surface area (Å²) >= 11 is 1.62. The van der Waals surface area contributed by atoms with Crippen LogP contribution in [0.25, 0.3) is 10.9 Å². The van der Waals surface area contributed by atoms with Crippen molar-refractivity contribution in [1.29, 1.82) is 0 Å². The maximum atomic E-state index is 13.1. The summed E-state index contributed by atoms with van der Waals surface area (Å²) in [6.07, 6.45) is 2.91. The van der Waals surface area contributed by atoms with Gasteiger partial charge in [0.25, 0.3) is 5.91 Å². The number of benzene rings is 1. The first-order valence-electron chi connectivity index (χ1n) is 11.9. The lowest BCUT2D eigenvalue weighted by molar-refractivity contribution is -0.140. The van der Waals surface area contributed by atoms with Crippen LogP contribution in [0.15, 0.2) is 30.3 Å². The number of fused-ring (bicyclic) bond motifs is 2. The summed E-state index contributed by atoms with van der Waals surface area (Å²) < 4.78 is 0. The maximum absolute atomic E-state index is 13.1. The van der Waals surface area contributed by atoms with Crippen LogP contribution in [0.4, 0.5) is 5.13 Å². The van der Waals surface area contributed by atoms with Gasteiger partial charge in [-0.05, 0) is 30.9 Å². The van der Waals surface area contributed by atoms with Crippen molar-refractivity contribution in [2.75, 3.05) is 25.0 Å². The van der Waals surface area contributed by atoms with Crippen LogP contribution >= 0.6 is 11.3 Å². The number of hydrogen-bond donors (Lipinski definition) is 4. The Labute approximate surface area is 202 Å². The van der Waals surface area contributed by atoms with Gasteiger partial charge in [0.05, 0.1) is 12.2 Å². The molecule has 34 heavy (non-hydrogen) atoms. The number of carbonyl (C=O) groups is 2. The summed E-state index contributed by atoms with van der Waals surface area (Å²) in [6, 6.07) is 9.32. The molecular formula is C25H31N5O3S. The number of hydrogen-bond acceptors (Lipinski definition) is 6. The van der Waals surface area contributed by atoms with E-state index in [2.05, 4.69) is 15.6 Å². The van der Waals surface area contributed by atoms with Gasteiger partial charge in [0.15, 0.2) is 5.13 Å². The predicted octanol–water partition coefficient (Wildman–Crippen LogP) is 3.71. The van der Waals surface area contributed by atoms with Crippen LogP contribution in [0.3, 0.4) is 0 Å². The van der Waals surface area contributed by atoms with Gasteiger partial charge in [0, 0.05) is 47.3 Å². The first-order valence-corrected chi connectivity index (χ1v) is 12.7. The average molecular weight is 482 g/mol. The van der Waals surface area contributed by atoms with E-state index in [-0.39, 0.29) is 17.2 Å².